The van der Waals surface area contributed by atoms with Crippen LogP contribution in [0.2, 0.25) is 0 Å². The van der Waals surface area contributed by atoms with Gasteiger partial charge in [-0.2, -0.15) is 5.26 Å². The Balaban J connectivity index is 1.91. The molecule has 0 bridgehead atoms. The van der Waals surface area contributed by atoms with E-state index in [0.717, 1.165) is 5.69 Å². The first-order valence-corrected chi connectivity index (χ1v) is 10.2. The maximum absolute atomic E-state index is 13.7. The molecule has 0 saturated heterocycles. The van der Waals surface area contributed by atoms with E-state index in [-0.39, 0.29) is 22.6 Å². The minimum atomic E-state index is -1.52. The largest absolute Gasteiger partial charge is 0.384 e. The van der Waals surface area contributed by atoms with E-state index in [1.54, 1.807) is 17.0 Å². The zero-order chi connectivity index (χ0) is 22.0. The topological polar surface area (TPSA) is 99.2 Å². The van der Waals surface area contributed by atoms with Gasteiger partial charge in [0, 0.05) is 34.6 Å². The second kappa shape index (κ2) is 6.32. The maximum Gasteiger partial charge on any atom is 0.245 e. The molecular weight excluding hydrogens is 388 g/mol. The Labute approximate surface area is 180 Å². The average molecular weight is 410 g/mol. The van der Waals surface area contributed by atoms with Gasteiger partial charge in [0.15, 0.2) is 5.78 Å². The molecule has 3 N–H and O–H groups in total. The lowest BCUT2D eigenvalue weighted by Crippen LogP contribution is -2.52. The van der Waals surface area contributed by atoms with Crippen molar-refractivity contribution < 1.29 is 9.59 Å². The van der Waals surface area contributed by atoms with Gasteiger partial charge in [0.1, 0.15) is 17.3 Å². The van der Waals surface area contributed by atoms with E-state index in [4.69, 9.17) is 5.73 Å². The Bertz CT molecular complexity index is 1250. The number of nitriles is 1. The molecule has 1 atom stereocenters. The monoisotopic (exact) mass is 410 g/mol. The quantitative estimate of drug-likeness (QED) is 0.746. The lowest BCUT2D eigenvalue weighted by Gasteiger charge is -2.46. The Morgan fingerprint density at radius 2 is 1.71 bits per heavy atom. The molecule has 2 aliphatic heterocycles. The van der Waals surface area contributed by atoms with Crippen molar-refractivity contribution in [3.63, 3.8) is 0 Å². The van der Waals surface area contributed by atoms with Gasteiger partial charge in [0.25, 0.3) is 0 Å². The number of carbonyl (C=O) groups is 2. The van der Waals surface area contributed by atoms with Crippen molar-refractivity contribution in [3.05, 3.63) is 82.8 Å². The first-order valence-electron chi connectivity index (χ1n) is 10.2. The zero-order valence-corrected chi connectivity index (χ0v) is 17.4. The highest BCUT2D eigenvalue weighted by Gasteiger charge is 2.61. The van der Waals surface area contributed by atoms with E-state index in [1.165, 1.54) is 0 Å². The van der Waals surface area contributed by atoms with Gasteiger partial charge in [-0.25, -0.2) is 0 Å². The van der Waals surface area contributed by atoms with Crippen LogP contribution in [0.15, 0.2) is 77.3 Å². The second-order valence-electron chi connectivity index (χ2n) is 9.06. The third kappa shape index (κ3) is 2.43. The molecule has 1 amide bonds. The van der Waals surface area contributed by atoms with Crippen molar-refractivity contribution in [2.24, 2.45) is 11.1 Å². The Morgan fingerprint density at radius 3 is 2.42 bits per heavy atom. The van der Waals surface area contributed by atoms with E-state index in [2.05, 4.69) is 11.4 Å². The first-order chi connectivity index (χ1) is 14.8. The summed E-state index contributed by atoms with van der Waals surface area (Å²) in [6.07, 6.45) is 0.851. The predicted octanol–water partition coefficient (Wildman–Crippen LogP) is 3.73. The highest BCUT2D eigenvalue weighted by Crippen LogP contribution is 2.56. The van der Waals surface area contributed by atoms with Crippen molar-refractivity contribution in [1.82, 2.24) is 0 Å². The molecule has 2 aromatic carbocycles. The van der Waals surface area contributed by atoms with Gasteiger partial charge in [0.05, 0.1) is 5.57 Å². The highest BCUT2D eigenvalue weighted by molar-refractivity contribution is 6.20. The molecule has 3 aliphatic rings. The number of carbonyl (C=O) groups excluding carboxylic acids is 2. The fraction of sp³-hybridized carbons (Fsp3) is 0.240. The predicted molar refractivity (Wildman–Crippen MR) is 118 cm³/mol. The summed E-state index contributed by atoms with van der Waals surface area (Å²) in [7, 11) is 0. The van der Waals surface area contributed by atoms with Crippen LogP contribution in [-0.4, -0.2) is 11.7 Å². The van der Waals surface area contributed by atoms with Crippen LogP contribution < -0.4 is 16.0 Å². The number of fused-ring (bicyclic) bond motifs is 3. The first kappa shape index (κ1) is 19.1. The van der Waals surface area contributed by atoms with E-state index in [9.17, 15) is 14.9 Å². The fourth-order valence-corrected chi connectivity index (χ4v) is 5.25. The van der Waals surface area contributed by atoms with Crippen molar-refractivity contribution in [2.45, 2.75) is 32.1 Å². The minimum Gasteiger partial charge on any atom is -0.384 e. The third-order valence-electron chi connectivity index (χ3n) is 6.42. The summed E-state index contributed by atoms with van der Waals surface area (Å²) in [5.74, 6) is -0.342. The number of nitrogens with one attached hydrogen (secondary N) is 1. The second-order valence-corrected chi connectivity index (χ2v) is 9.06. The van der Waals surface area contributed by atoms with Crippen LogP contribution in [0.5, 0.6) is 0 Å². The van der Waals surface area contributed by atoms with Gasteiger partial charge in [0.2, 0.25) is 5.91 Å². The van der Waals surface area contributed by atoms with Crippen molar-refractivity contribution in [3.8, 4) is 6.07 Å². The van der Waals surface area contributed by atoms with Crippen molar-refractivity contribution >= 4 is 23.1 Å². The average Bonchev–Trinajstić information content (AvgIpc) is 3.00. The van der Waals surface area contributed by atoms with Gasteiger partial charge < -0.3 is 11.1 Å². The van der Waals surface area contributed by atoms with Crippen LogP contribution in [0.25, 0.3) is 0 Å². The number of Topliss-reactive ketones (excluding diaryl/α,β-unsaturated/α-hetero) is 1. The summed E-state index contributed by atoms with van der Waals surface area (Å²) in [5, 5.41) is 13.1. The molecule has 1 spiro atoms. The number of hydrogen-bond donors (Lipinski definition) is 2. The molecular formula is C25H22N4O2. The number of para-hydroxylation sites is 2. The van der Waals surface area contributed by atoms with Crippen molar-refractivity contribution in [1.29, 1.82) is 5.26 Å². The summed E-state index contributed by atoms with van der Waals surface area (Å²) in [6, 6.07) is 18.8. The number of hydrogen-bond acceptors (Lipinski definition) is 5. The van der Waals surface area contributed by atoms with Gasteiger partial charge in [-0.05, 0) is 30.0 Å². The smallest absolute Gasteiger partial charge is 0.245 e. The molecule has 0 aromatic heterocycles. The molecule has 6 nitrogen and oxygen atoms in total. The highest BCUT2D eigenvalue weighted by atomic mass is 16.2. The molecule has 31 heavy (non-hydrogen) atoms. The number of allylic oxidation sites excluding steroid dienone is 1. The number of anilines is 2. The number of benzene rings is 2. The summed E-state index contributed by atoms with van der Waals surface area (Å²) in [5.41, 5.74) is 7.92. The number of amides is 1. The molecule has 2 heterocycles. The number of nitrogens with two attached hydrogens (primary N) is 1. The fourth-order valence-electron chi connectivity index (χ4n) is 5.25. The van der Waals surface area contributed by atoms with Crippen LogP contribution in [0.3, 0.4) is 0 Å². The molecule has 5 rings (SSSR count). The maximum atomic E-state index is 13.7. The van der Waals surface area contributed by atoms with Crippen molar-refractivity contribution in [2.75, 3.05) is 10.2 Å². The third-order valence-corrected chi connectivity index (χ3v) is 6.42. The van der Waals surface area contributed by atoms with Crippen LogP contribution in [0, 0.1) is 16.7 Å². The SMILES string of the molecule is CC1(C)CC(=O)C2=C(C1)N(c1ccccc1)C(N)=C(C#N)[C@]21C(=O)Nc2ccccc21. The Kier molecular flexibility index (Phi) is 3.90. The van der Waals surface area contributed by atoms with Crippen LogP contribution in [-0.2, 0) is 15.0 Å². The lowest BCUT2D eigenvalue weighted by molar-refractivity contribution is -0.123. The van der Waals surface area contributed by atoms with Gasteiger partial charge in [-0.3, -0.25) is 14.5 Å². The Morgan fingerprint density at radius 1 is 1.03 bits per heavy atom. The molecule has 0 saturated carbocycles. The minimum absolute atomic E-state index is 0.0885. The standard InChI is InChI=1S/C25H22N4O2/c1-24(2)12-19-21(20(30)13-24)25(16-10-6-7-11-18(16)28-23(25)31)17(14-26)22(27)29(19)15-8-4-3-5-9-15/h3-11H,12-13,27H2,1-2H3,(H,28,31)/t25-/m0/s1. The summed E-state index contributed by atoms with van der Waals surface area (Å²) >= 11 is 0. The Hall–Kier alpha value is -3.85. The molecule has 2 aromatic rings. The van der Waals surface area contributed by atoms with Gasteiger partial charge in [-0.15, -0.1) is 0 Å². The zero-order valence-electron chi connectivity index (χ0n) is 17.4. The van der Waals surface area contributed by atoms with E-state index in [1.807, 2.05) is 56.3 Å². The molecule has 0 unspecified atom stereocenters. The van der Waals surface area contributed by atoms with Crippen LogP contribution in [0.4, 0.5) is 11.4 Å². The molecule has 0 fully saturated rings. The number of rotatable bonds is 1. The molecule has 0 radical (unpaired) electrons. The molecule has 1 aliphatic carbocycles. The summed E-state index contributed by atoms with van der Waals surface area (Å²) < 4.78 is 0. The number of nitrogens with zero attached hydrogens (tertiary/aromatic N) is 2. The van der Waals surface area contributed by atoms with Gasteiger partial charge in [-0.1, -0.05) is 50.2 Å². The van der Waals surface area contributed by atoms with E-state index < -0.39 is 11.3 Å². The normalized spacial score (nSPS) is 24.1. The van der Waals surface area contributed by atoms with Crippen LogP contribution >= 0.6 is 0 Å². The molecule has 6 heteroatoms. The summed E-state index contributed by atoms with van der Waals surface area (Å²) in [4.78, 5) is 29.0. The lowest BCUT2D eigenvalue weighted by atomic mass is 9.61. The van der Waals surface area contributed by atoms with Gasteiger partial charge >= 0.3 is 0 Å². The number of ketones is 1. The van der Waals surface area contributed by atoms with E-state index >= 15 is 0 Å². The van der Waals surface area contributed by atoms with Crippen LogP contribution in [0.1, 0.15) is 32.3 Å². The summed E-state index contributed by atoms with van der Waals surface area (Å²) in [6.45, 7) is 4.07. The van der Waals surface area contributed by atoms with E-state index in [0.29, 0.717) is 35.4 Å². The molecule has 154 valence electrons.